The Morgan fingerprint density at radius 3 is 2.64 bits per heavy atom. The van der Waals surface area contributed by atoms with E-state index in [1.54, 1.807) is 12.1 Å². The van der Waals surface area contributed by atoms with Gasteiger partial charge in [0.15, 0.2) is 5.76 Å². The zero-order valence-electron chi connectivity index (χ0n) is 17.6. The van der Waals surface area contributed by atoms with Crippen LogP contribution < -0.4 is 4.74 Å². The van der Waals surface area contributed by atoms with E-state index in [4.69, 9.17) is 14.3 Å². The molecule has 2 aromatic carbocycles. The monoisotopic (exact) mass is 440 g/mol. The second kappa shape index (κ2) is 8.70. The van der Waals surface area contributed by atoms with E-state index in [9.17, 15) is 9.59 Å². The number of hydrogen-bond acceptors (Lipinski definition) is 6. The molecule has 1 aliphatic rings. The first-order chi connectivity index (χ1) is 16.1. The molecular formula is C26H20N2O5. The third-order valence-corrected chi connectivity index (χ3v) is 5.69. The molecule has 0 radical (unpaired) electrons. The van der Waals surface area contributed by atoms with E-state index in [0.717, 1.165) is 23.5 Å². The van der Waals surface area contributed by atoms with Gasteiger partial charge in [-0.05, 0) is 66.8 Å². The lowest BCUT2D eigenvalue weighted by atomic mass is 9.81. The number of benzene rings is 2. The van der Waals surface area contributed by atoms with Crippen molar-refractivity contribution in [3.63, 3.8) is 0 Å². The summed E-state index contributed by atoms with van der Waals surface area (Å²) in [6, 6.07) is 20.2. The second-order valence-corrected chi connectivity index (χ2v) is 7.89. The van der Waals surface area contributed by atoms with Crippen LogP contribution in [0.4, 0.5) is 0 Å². The Kier molecular flexibility index (Phi) is 5.44. The molecule has 164 valence electrons. The van der Waals surface area contributed by atoms with Gasteiger partial charge in [-0.3, -0.25) is 4.79 Å². The summed E-state index contributed by atoms with van der Waals surface area (Å²) in [6.07, 6.45) is 3.45. The number of carboxylic acid groups (broad SMARTS) is 1. The lowest BCUT2D eigenvalue weighted by Gasteiger charge is -2.23. The molecule has 0 bridgehead atoms. The fourth-order valence-electron chi connectivity index (χ4n) is 4.02. The summed E-state index contributed by atoms with van der Waals surface area (Å²) in [5.74, 6) is 0.313. The van der Waals surface area contributed by atoms with Gasteiger partial charge in [0.1, 0.15) is 22.9 Å². The largest absolute Gasteiger partial charge is 0.477 e. The summed E-state index contributed by atoms with van der Waals surface area (Å²) in [5.41, 5.74) is 2.51. The minimum atomic E-state index is -1.13. The van der Waals surface area contributed by atoms with Crippen LogP contribution in [0.25, 0.3) is 11.5 Å². The minimum Gasteiger partial charge on any atom is -0.477 e. The molecule has 1 atom stereocenters. The predicted octanol–water partition coefficient (Wildman–Crippen LogP) is 5.21. The first-order valence-corrected chi connectivity index (χ1v) is 10.6. The molecule has 0 saturated heterocycles. The highest BCUT2D eigenvalue weighted by Gasteiger charge is 2.29. The van der Waals surface area contributed by atoms with Crippen molar-refractivity contribution in [2.75, 3.05) is 0 Å². The van der Waals surface area contributed by atoms with Gasteiger partial charge in [0.25, 0.3) is 5.89 Å². The van der Waals surface area contributed by atoms with Crippen LogP contribution in [0, 0.1) is 5.92 Å². The maximum absolute atomic E-state index is 13.0. The molecule has 1 aliphatic carbocycles. The SMILES string of the molecule is O=C(O)c1cccc(-c2cnc(C(=O)[C@@H]3CCc4cc(Oc5ccccc5)ccc4C3)o2)n1. The molecule has 1 N–H and O–H groups in total. The standard InChI is InChI=1S/C26H20N2O5/c29-24(25-27-15-23(33-25)21-7-4-8-22(28-21)26(30)31)18-10-9-17-14-20(12-11-16(17)13-18)32-19-5-2-1-3-6-19/h1-8,11-12,14-15,18H,9-10,13H2,(H,30,31)/t18-/m1/s1. The number of ether oxygens (including phenoxy) is 1. The molecule has 2 aromatic heterocycles. The first kappa shape index (κ1) is 20.6. The van der Waals surface area contributed by atoms with Crippen LogP contribution in [0.3, 0.4) is 0 Å². The molecule has 0 spiro atoms. The number of carboxylic acids is 1. The topological polar surface area (TPSA) is 103 Å². The number of carbonyl (C=O) groups is 2. The Bertz CT molecular complexity index is 1330. The molecule has 0 aliphatic heterocycles. The molecule has 0 fully saturated rings. The third-order valence-electron chi connectivity index (χ3n) is 5.69. The van der Waals surface area contributed by atoms with Gasteiger partial charge in [-0.1, -0.05) is 30.3 Å². The van der Waals surface area contributed by atoms with Gasteiger partial charge in [-0.2, -0.15) is 0 Å². The number of pyridine rings is 1. The predicted molar refractivity (Wildman–Crippen MR) is 119 cm³/mol. The van der Waals surface area contributed by atoms with Gasteiger partial charge >= 0.3 is 5.97 Å². The number of rotatable bonds is 6. The highest BCUT2D eigenvalue weighted by Crippen LogP contribution is 2.32. The Labute approximate surface area is 189 Å². The van der Waals surface area contributed by atoms with Crippen molar-refractivity contribution >= 4 is 11.8 Å². The molecular weight excluding hydrogens is 420 g/mol. The van der Waals surface area contributed by atoms with Crippen molar-refractivity contribution in [3.05, 3.63) is 95.6 Å². The number of nitrogens with zero attached hydrogens (tertiary/aromatic N) is 2. The van der Waals surface area contributed by atoms with Crippen LogP contribution in [0.2, 0.25) is 0 Å². The molecule has 33 heavy (non-hydrogen) atoms. The van der Waals surface area contributed by atoms with Gasteiger partial charge in [0, 0.05) is 5.92 Å². The maximum Gasteiger partial charge on any atom is 0.354 e. The van der Waals surface area contributed by atoms with Crippen molar-refractivity contribution in [1.82, 2.24) is 9.97 Å². The Hall–Kier alpha value is -4.26. The van der Waals surface area contributed by atoms with Crippen molar-refractivity contribution in [3.8, 4) is 23.0 Å². The van der Waals surface area contributed by atoms with Crippen LogP contribution >= 0.6 is 0 Å². The van der Waals surface area contributed by atoms with Gasteiger partial charge in [0.2, 0.25) is 5.78 Å². The number of aromatic nitrogens is 2. The third kappa shape index (κ3) is 4.39. The summed E-state index contributed by atoms with van der Waals surface area (Å²) in [5, 5.41) is 9.12. The number of fused-ring (bicyclic) bond motifs is 1. The average Bonchev–Trinajstić information content (AvgIpc) is 3.34. The second-order valence-electron chi connectivity index (χ2n) is 7.89. The van der Waals surface area contributed by atoms with Gasteiger partial charge in [0.05, 0.1) is 6.20 Å². The normalized spacial score (nSPS) is 15.0. The number of hydrogen-bond donors (Lipinski definition) is 1. The molecule has 7 nitrogen and oxygen atoms in total. The van der Waals surface area contributed by atoms with E-state index >= 15 is 0 Å². The summed E-state index contributed by atoms with van der Waals surface area (Å²) in [7, 11) is 0. The van der Waals surface area contributed by atoms with E-state index in [2.05, 4.69) is 9.97 Å². The average molecular weight is 440 g/mol. The first-order valence-electron chi connectivity index (χ1n) is 10.6. The van der Waals surface area contributed by atoms with Crippen LogP contribution in [0.5, 0.6) is 11.5 Å². The molecule has 0 unspecified atom stereocenters. The quantitative estimate of drug-likeness (QED) is 0.410. The molecule has 2 heterocycles. The van der Waals surface area contributed by atoms with Crippen LogP contribution in [0.15, 0.2) is 77.3 Å². The van der Waals surface area contributed by atoms with Gasteiger partial charge in [-0.25, -0.2) is 14.8 Å². The van der Waals surface area contributed by atoms with Crippen molar-refractivity contribution in [2.45, 2.75) is 19.3 Å². The van der Waals surface area contributed by atoms with Gasteiger partial charge in [-0.15, -0.1) is 0 Å². The Morgan fingerprint density at radius 2 is 1.82 bits per heavy atom. The van der Waals surface area contributed by atoms with Crippen LogP contribution in [0.1, 0.15) is 38.7 Å². The van der Waals surface area contributed by atoms with E-state index in [0.29, 0.717) is 18.5 Å². The lowest BCUT2D eigenvalue weighted by molar-refractivity contribution is 0.0690. The van der Waals surface area contributed by atoms with E-state index in [1.807, 2.05) is 48.5 Å². The van der Waals surface area contributed by atoms with Gasteiger partial charge < -0.3 is 14.3 Å². The maximum atomic E-state index is 13.0. The van der Waals surface area contributed by atoms with Crippen molar-refractivity contribution in [2.24, 2.45) is 5.92 Å². The fraction of sp³-hybridized carbons (Fsp3) is 0.154. The number of aromatic carboxylic acids is 1. The molecule has 5 rings (SSSR count). The van der Waals surface area contributed by atoms with Crippen LogP contribution in [-0.4, -0.2) is 26.8 Å². The highest BCUT2D eigenvalue weighted by molar-refractivity contribution is 5.94. The smallest absolute Gasteiger partial charge is 0.354 e. The number of ketones is 1. The van der Waals surface area contributed by atoms with Crippen LogP contribution in [-0.2, 0) is 12.8 Å². The lowest BCUT2D eigenvalue weighted by Crippen LogP contribution is -2.23. The van der Waals surface area contributed by atoms with E-state index in [1.165, 1.54) is 17.8 Å². The number of aryl methyl sites for hydroxylation is 1. The highest BCUT2D eigenvalue weighted by atomic mass is 16.5. The minimum absolute atomic E-state index is 0.0185. The molecule has 4 aromatic rings. The zero-order chi connectivity index (χ0) is 22.8. The van der Waals surface area contributed by atoms with E-state index in [-0.39, 0.29) is 29.0 Å². The molecule has 7 heteroatoms. The summed E-state index contributed by atoms with van der Waals surface area (Å²) >= 11 is 0. The number of para-hydroxylation sites is 1. The fourth-order valence-corrected chi connectivity index (χ4v) is 4.02. The summed E-state index contributed by atoms with van der Waals surface area (Å²) in [4.78, 5) is 32.4. The van der Waals surface area contributed by atoms with Crippen molar-refractivity contribution < 1.29 is 23.8 Å². The number of oxazole rings is 1. The van der Waals surface area contributed by atoms with E-state index < -0.39 is 5.97 Å². The number of carbonyl (C=O) groups excluding carboxylic acids is 1. The Morgan fingerprint density at radius 1 is 0.970 bits per heavy atom. The molecule has 0 saturated carbocycles. The number of Topliss-reactive ketones (excluding diaryl/α,β-unsaturated/α-hetero) is 1. The Balaban J connectivity index is 1.30. The van der Waals surface area contributed by atoms with Crippen molar-refractivity contribution in [1.29, 1.82) is 0 Å². The summed E-state index contributed by atoms with van der Waals surface area (Å²) < 4.78 is 11.6. The zero-order valence-corrected chi connectivity index (χ0v) is 17.6. The molecule has 0 amide bonds. The summed E-state index contributed by atoms with van der Waals surface area (Å²) in [6.45, 7) is 0.